The monoisotopic (exact) mass is 316 g/mol. The smallest absolute Gasteiger partial charge is 0.223 e. The predicted molar refractivity (Wildman–Crippen MR) is 88.8 cm³/mol. The molecule has 23 heavy (non-hydrogen) atoms. The number of amides is 1. The van der Waals surface area contributed by atoms with Gasteiger partial charge in [-0.25, -0.2) is 0 Å². The highest BCUT2D eigenvalue weighted by Crippen LogP contribution is 2.47. The Labute approximate surface area is 138 Å². The van der Waals surface area contributed by atoms with E-state index in [1.807, 2.05) is 0 Å². The zero-order valence-corrected chi connectivity index (χ0v) is 13.8. The van der Waals surface area contributed by atoms with Crippen LogP contribution in [0.1, 0.15) is 56.7 Å². The van der Waals surface area contributed by atoms with Gasteiger partial charge in [-0.15, -0.1) is 0 Å². The topological polar surface area (TPSA) is 59.0 Å². The number of carbonyl (C=O) groups excluding carboxylic acids is 1. The summed E-state index contributed by atoms with van der Waals surface area (Å²) in [7, 11) is 0. The lowest BCUT2D eigenvalue weighted by Crippen LogP contribution is -2.31. The molecule has 1 amide bonds. The molecule has 2 N–H and O–H groups in total. The molecule has 3 aliphatic rings. The molecule has 3 fully saturated rings. The van der Waals surface area contributed by atoms with Gasteiger partial charge in [0, 0.05) is 12.1 Å². The second kappa shape index (κ2) is 6.63. The van der Waals surface area contributed by atoms with Crippen LogP contribution in [0, 0.1) is 17.8 Å². The van der Waals surface area contributed by atoms with Gasteiger partial charge in [-0.1, -0.05) is 12.8 Å². The van der Waals surface area contributed by atoms with Gasteiger partial charge >= 0.3 is 0 Å². The maximum atomic E-state index is 12.3. The summed E-state index contributed by atoms with van der Waals surface area (Å²) in [6.07, 6.45) is 10.8. The normalized spacial score (nSPS) is 28.9. The zero-order chi connectivity index (χ0) is 15.6. The second-order valence-corrected chi connectivity index (χ2v) is 7.54. The van der Waals surface area contributed by atoms with Crippen LogP contribution in [0.15, 0.2) is 12.3 Å². The molecule has 2 heterocycles. The van der Waals surface area contributed by atoms with Crippen LogP contribution in [0.4, 0.5) is 0 Å². The molecular formula is C18H28N4O. The Hall–Kier alpha value is -1.36. The van der Waals surface area contributed by atoms with Crippen LogP contribution in [-0.4, -0.2) is 28.8 Å². The van der Waals surface area contributed by atoms with Crippen LogP contribution in [0.25, 0.3) is 0 Å². The summed E-state index contributed by atoms with van der Waals surface area (Å²) in [6.45, 7) is 2.82. The average molecular weight is 316 g/mol. The summed E-state index contributed by atoms with van der Waals surface area (Å²) in [5, 5.41) is 11.2. The first-order valence-electron chi connectivity index (χ1n) is 9.34. The summed E-state index contributed by atoms with van der Waals surface area (Å²) in [5.41, 5.74) is 0.990. The summed E-state index contributed by atoms with van der Waals surface area (Å²) in [4.78, 5) is 12.3. The van der Waals surface area contributed by atoms with E-state index >= 15 is 0 Å². The maximum absolute atomic E-state index is 12.3. The Balaban J connectivity index is 1.24. The van der Waals surface area contributed by atoms with E-state index in [4.69, 9.17) is 0 Å². The molecule has 126 valence electrons. The molecule has 2 aliphatic carbocycles. The van der Waals surface area contributed by atoms with Gasteiger partial charge in [-0.05, 0) is 63.1 Å². The molecule has 0 bridgehead atoms. The van der Waals surface area contributed by atoms with Crippen molar-refractivity contribution in [3.8, 4) is 0 Å². The van der Waals surface area contributed by atoms with Crippen molar-refractivity contribution < 1.29 is 4.79 Å². The van der Waals surface area contributed by atoms with E-state index in [0.717, 1.165) is 31.1 Å². The van der Waals surface area contributed by atoms with E-state index in [1.165, 1.54) is 38.5 Å². The minimum absolute atomic E-state index is 0.240. The molecule has 5 nitrogen and oxygen atoms in total. The Morgan fingerprint density at radius 2 is 2.04 bits per heavy atom. The number of piperidine rings is 1. The number of hydrogen-bond donors (Lipinski definition) is 2. The predicted octanol–water partition coefficient (Wildman–Crippen LogP) is 2.25. The fourth-order valence-corrected chi connectivity index (χ4v) is 4.46. The molecule has 0 unspecified atom stereocenters. The van der Waals surface area contributed by atoms with Gasteiger partial charge in [0.05, 0.1) is 18.3 Å². The first-order valence-corrected chi connectivity index (χ1v) is 9.34. The molecule has 0 radical (unpaired) electrons. The molecular weight excluding hydrogens is 288 g/mol. The van der Waals surface area contributed by atoms with Crippen LogP contribution >= 0.6 is 0 Å². The molecule has 1 aliphatic heterocycles. The Bertz CT molecular complexity index is 543. The Morgan fingerprint density at radius 3 is 2.83 bits per heavy atom. The standard InChI is InChI=1S/C18H28N4O/c23-18(17-11-16(17)13-5-8-19-9-6-13)20-12-14-7-10-22(21-14)15-3-1-2-4-15/h7,10,13,15-17,19H,1-6,8-9,11-12H2,(H,20,23)/t16-,17+/m0/s1. The lowest BCUT2D eigenvalue weighted by Gasteiger charge is -2.22. The average Bonchev–Trinajstić information content (AvgIpc) is 2.99. The molecule has 1 saturated heterocycles. The number of hydrogen-bond acceptors (Lipinski definition) is 3. The van der Waals surface area contributed by atoms with Gasteiger partial charge in [0.15, 0.2) is 0 Å². The quantitative estimate of drug-likeness (QED) is 0.876. The zero-order valence-electron chi connectivity index (χ0n) is 13.8. The number of nitrogens with one attached hydrogen (secondary N) is 2. The van der Waals surface area contributed by atoms with Gasteiger partial charge < -0.3 is 10.6 Å². The van der Waals surface area contributed by atoms with Crippen molar-refractivity contribution in [2.45, 2.75) is 57.5 Å². The first kappa shape index (κ1) is 15.2. The highest BCUT2D eigenvalue weighted by molar-refractivity contribution is 5.81. The van der Waals surface area contributed by atoms with Crippen molar-refractivity contribution >= 4 is 5.91 Å². The molecule has 1 aromatic rings. The third-order valence-corrected chi connectivity index (χ3v) is 5.97. The number of aromatic nitrogens is 2. The maximum Gasteiger partial charge on any atom is 0.223 e. The van der Waals surface area contributed by atoms with Crippen molar-refractivity contribution in [1.82, 2.24) is 20.4 Å². The van der Waals surface area contributed by atoms with Gasteiger partial charge in [-0.3, -0.25) is 9.48 Å². The lowest BCUT2D eigenvalue weighted by atomic mass is 9.92. The van der Waals surface area contributed by atoms with Crippen LogP contribution in [0.5, 0.6) is 0 Å². The summed E-state index contributed by atoms with van der Waals surface area (Å²) >= 11 is 0. The summed E-state index contributed by atoms with van der Waals surface area (Å²) < 4.78 is 2.10. The lowest BCUT2D eigenvalue weighted by molar-refractivity contribution is -0.123. The van der Waals surface area contributed by atoms with Crippen LogP contribution in [-0.2, 0) is 11.3 Å². The van der Waals surface area contributed by atoms with Crippen molar-refractivity contribution in [2.75, 3.05) is 13.1 Å². The van der Waals surface area contributed by atoms with Crippen LogP contribution in [0.2, 0.25) is 0 Å². The van der Waals surface area contributed by atoms with Crippen LogP contribution < -0.4 is 10.6 Å². The van der Waals surface area contributed by atoms with E-state index in [-0.39, 0.29) is 11.8 Å². The molecule has 4 rings (SSSR count). The van der Waals surface area contributed by atoms with E-state index in [0.29, 0.717) is 18.5 Å². The largest absolute Gasteiger partial charge is 0.350 e. The molecule has 2 atom stereocenters. The van der Waals surface area contributed by atoms with E-state index < -0.39 is 0 Å². The highest BCUT2D eigenvalue weighted by atomic mass is 16.2. The highest BCUT2D eigenvalue weighted by Gasteiger charge is 2.47. The van der Waals surface area contributed by atoms with Gasteiger partial charge in [0.2, 0.25) is 5.91 Å². The van der Waals surface area contributed by atoms with Gasteiger partial charge in [0.1, 0.15) is 0 Å². The van der Waals surface area contributed by atoms with Gasteiger partial charge in [-0.2, -0.15) is 5.10 Å². The molecule has 1 aromatic heterocycles. The Kier molecular flexibility index (Phi) is 4.38. The summed E-state index contributed by atoms with van der Waals surface area (Å²) in [6, 6.07) is 2.63. The molecule has 2 saturated carbocycles. The third kappa shape index (κ3) is 3.44. The van der Waals surface area contributed by atoms with E-state index in [2.05, 4.69) is 32.7 Å². The Morgan fingerprint density at radius 1 is 1.26 bits per heavy atom. The number of carbonyl (C=O) groups is 1. The van der Waals surface area contributed by atoms with Crippen molar-refractivity contribution in [3.63, 3.8) is 0 Å². The number of nitrogens with zero attached hydrogens (tertiary/aromatic N) is 2. The SMILES string of the molecule is O=C(NCc1ccn(C2CCCC2)n1)[C@@H]1C[C@H]1C1CCNCC1. The second-order valence-electron chi connectivity index (χ2n) is 7.54. The van der Waals surface area contributed by atoms with Crippen molar-refractivity contribution in [2.24, 2.45) is 17.8 Å². The first-order chi connectivity index (χ1) is 11.3. The van der Waals surface area contributed by atoms with Crippen molar-refractivity contribution in [1.29, 1.82) is 0 Å². The minimum Gasteiger partial charge on any atom is -0.350 e. The molecule has 0 aromatic carbocycles. The van der Waals surface area contributed by atoms with Crippen LogP contribution in [0.3, 0.4) is 0 Å². The van der Waals surface area contributed by atoms with E-state index in [9.17, 15) is 4.79 Å². The fraction of sp³-hybridized carbons (Fsp3) is 0.778. The van der Waals surface area contributed by atoms with Crippen molar-refractivity contribution in [3.05, 3.63) is 18.0 Å². The molecule has 5 heteroatoms. The van der Waals surface area contributed by atoms with E-state index in [1.54, 1.807) is 0 Å². The molecule has 0 spiro atoms. The minimum atomic E-state index is 0.240. The third-order valence-electron chi connectivity index (χ3n) is 5.97. The summed E-state index contributed by atoms with van der Waals surface area (Å²) in [5.74, 6) is 1.89. The van der Waals surface area contributed by atoms with Gasteiger partial charge in [0.25, 0.3) is 0 Å². The number of rotatable bonds is 5. The fourth-order valence-electron chi connectivity index (χ4n) is 4.46.